The molecule has 0 amide bonds. The fraction of sp³-hybridized carbons (Fsp3) is 0. The summed E-state index contributed by atoms with van der Waals surface area (Å²) in [7, 11) is 0. The normalized spacial score (nSPS) is 11.4. The molecule has 2 aromatic carbocycles. The Morgan fingerprint density at radius 1 is 0.962 bits per heavy atom. The van der Waals surface area contributed by atoms with Gasteiger partial charge in [-0.25, -0.2) is 0 Å². The maximum absolute atomic E-state index is 12.9. The van der Waals surface area contributed by atoms with Crippen LogP contribution in [0, 0.1) is 11.3 Å². The summed E-state index contributed by atoms with van der Waals surface area (Å²) in [6.07, 6.45) is 1.53. The Morgan fingerprint density at radius 3 is 2.23 bits per heavy atom. The number of carbonyl (C=O) groups is 1. The highest BCUT2D eigenvalue weighted by atomic mass is 35.5. The van der Waals surface area contributed by atoms with E-state index >= 15 is 0 Å². The third kappa shape index (κ3) is 3.49. The molecule has 1 N–H and O–H groups in total. The fourth-order valence-corrected chi connectivity index (χ4v) is 2.65. The number of carbonyl (C=O) groups excluding carboxylic acids is 1. The van der Waals surface area contributed by atoms with Crippen LogP contribution in [0.3, 0.4) is 0 Å². The first-order valence-electron chi connectivity index (χ1n) is 7.76. The first kappa shape index (κ1) is 17.4. The number of hydrogen-bond acceptors (Lipinski definition) is 4. The van der Waals surface area contributed by atoms with Crippen LogP contribution in [0.25, 0.3) is 11.3 Å². The molecular formula is C21H13ClN2O2. The molecule has 26 heavy (non-hydrogen) atoms. The first-order valence-corrected chi connectivity index (χ1v) is 8.14. The van der Waals surface area contributed by atoms with Gasteiger partial charge in [0.05, 0.1) is 5.69 Å². The highest BCUT2D eigenvalue weighted by Gasteiger charge is 2.19. The van der Waals surface area contributed by atoms with Crippen LogP contribution in [0.2, 0.25) is 5.02 Å². The molecule has 0 aliphatic rings. The smallest absolute Gasteiger partial charge is 0.193 e. The molecule has 3 aromatic rings. The second-order valence-corrected chi connectivity index (χ2v) is 5.87. The van der Waals surface area contributed by atoms with Crippen molar-refractivity contribution < 1.29 is 9.90 Å². The molecule has 5 heteroatoms. The molecule has 1 heterocycles. The van der Waals surface area contributed by atoms with Gasteiger partial charge < -0.3 is 5.11 Å². The summed E-state index contributed by atoms with van der Waals surface area (Å²) in [6, 6.07) is 20.1. The van der Waals surface area contributed by atoms with E-state index in [1.165, 1.54) is 6.20 Å². The van der Waals surface area contributed by atoms with Crippen LogP contribution in [-0.2, 0) is 0 Å². The first-order chi connectivity index (χ1) is 12.6. The molecule has 0 bridgehead atoms. The van der Waals surface area contributed by atoms with Gasteiger partial charge in [0.2, 0.25) is 0 Å². The van der Waals surface area contributed by atoms with E-state index < -0.39 is 0 Å². The number of hydrogen-bond donors (Lipinski definition) is 1. The molecule has 0 saturated carbocycles. The summed E-state index contributed by atoms with van der Waals surface area (Å²) in [6.45, 7) is 0. The molecule has 0 aliphatic heterocycles. The van der Waals surface area contributed by atoms with Crippen molar-refractivity contribution in [2.75, 3.05) is 0 Å². The Bertz CT molecular complexity index is 1020. The third-order valence-electron chi connectivity index (χ3n) is 3.80. The van der Waals surface area contributed by atoms with E-state index in [1.807, 2.05) is 6.07 Å². The van der Waals surface area contributed by atoms with Gasteiger partial charge in [0.15, 0.2) is 5.78 Å². The van der Waals surface area contributed by atoms with Crippen molar-refractivity contribution in [1.29, 1.82) is 5.26 Å². The number of halogens is 1. The maximum atomic E-state index is 12.9. The van der Waals surface area contributed by atoms with Crippen LogP contribution in [-0.4, -0.2) is 15.9 Å². The van der Waals surface area contributed by atoms with E-state index in [-0.39, 0.29) is 28.2 Å². The van der Waals surface area contributed by atoms with Crippen LogP contribution in [0.1, 0.15) is 27.2 Å². The summed E-state index contributed by atoms with van der Waals surface area (Å²) >= 11 is 5.87. The predicted molar refractivity (Wildman–Crippen MR) is 101 cm³/mol. The highest BCUT2D eigenvalue weighted by molar-refractivity contribution is 6.30. The summed E-state index contributed by atoms with van der Waals surface area (Å²) in [5.41, 5.74) is 1.33. The lowest BCUT2D eigenvalue weighted by atomic mass is 9.95. The van der Waals surface area contributed by atoms with E-state index in [9.17, 15) is 15.2 Å². The van der Waals surface area contributed by atoms with Crippen molar-refractivity contribution in [3.63, 3.8) is 0 Å². The summed E-state index contributed by atoms with van der Waals surface area (Å²) in [4.78, 5) is 17.0. The third-order valence-corrected chi connectivity index (χ3v) is 4.05. The van der Waals surface area contributed by atoms with E-state index in [0.29, 0.717) is 16.3 Å². The maximum Gasteiger partial charge on any atom is 0.193 e. The van der Waals surface area contributed by atoms with Gasteiger partial charge in [-0.2, -0.15) is 5.26 Å². The summed E-state index contributed by atoms with van der Waals surface area (Å²) in [5, 5.41) is 20.7. The Kier molecular flexibility index (Phi) is 5.12. The lowest BCUT2D eigenvalue weighted by molar-refractivity contribution is 0.103. The zero-order valence-corrected chi connectivity index (χ0v) is 14.3. The molecule has 0 radical (unpaired) electrons. The molecule has 0 saturated heterocycles. The van der Waals surface area contributed by atoms with E-state index in [4.69, 9.17) is 11.6 Å². The van der Waals surface area contributed by atoms with Crippen LogP contribution >= 0.6 is 11.6 Å². The van der Waals surface area contributed by atoms with Gasteiger partial charge in [-0.1, -0.05) is 41.9 Å². The van der Waals surface area contributed by atoms with Gasteiger partial charge in [0.25, 0.3) is 0 Å². The Morgan fingerprint density at radius 2 is 1.62 bits per heavy atom. The standard InChI is InChI=1S/C21H13ClN2O2/c22-15-10-8-14(9-11-15)20(25)16-5-1-2-6-17(16)21(26)18(13-23)19-7-3-4-12-24-19/h1-12,26H/b21-18-. The van der Waals surface area contributed by atoms with Crippen molar-refractivity contribution >= 4 is 28.7 Å². The number of aromatic nitrogens is 1. The number of pyridine rings is 1. The highest BCUT2D eigenvalue weighted by Crippen LogP contribution is 2.27. The molecular weight excluding hydrogens is 348 g/mol. The molecule has 0 aliphatic carbocycles. The molecule has 3 rings (SSSR count). The SMILES string of the molecule is N#C/C(=C(/O)c1ccccc1C(=O)c1ccc(Cl)cc1)c1ccccn1. The minimum absolute atomic E-state index is 0.00181. The molecule has 0 fully saturated rings. The number of nitrogens with zero attached hydrogens (tertiary/aromatic N) is 2. The number of nitriles is 1. The van der Waals surface area contributed by atoms with Gasteiger partial charge in [-0.15, -0.1) is 0 Å². The number of rotatable bonds is 4. The van der Waals surface area contributed by atoms with Gasteiger partial charge in [0.1, 0.15) is 17.4 Å². The molecule has 126 valence electrons. The molecule has 0 spiro atoms. The number of ketones is 1. The number of aliphatic hydroxyl groups excluding tert-OH is 1. The molecule has 0 atom stereocenters. The van der Waals surface area contributed by atoms with E-state index in [1.54, 1.807) is 66.7 Å². The zero-order chi connectivity index (χ0) is 18.5. The minimum atomic E-state index is -0.288. The molecule has 0 unspecified atom stereocenters. The van der Waals surface area contributed by atoms with Crippen LogP contribution < -0.4 is 0 Å². The largest absolute Gasteiger partial charge is 0.506 e. The lowest BCUT2D eigenvalue weighted by Gasteiger charge is -2.10. The number of benzene rings is 2. The predicted octanol–water partition coefficient (Wildman–Crippen LogP) is 4.92. The van der Waals surface area contributed by atoms with E-state index in [0.717, 1.165) is 0 Å². The van der Waals surface area contributed by atoms with Crippen LogP contribution in [0.15, 0.2) is 72.9 Å². The van der Waals surface area contributed by atoms with Crippen molar-refractivity contribution in [3.8, 4) is 6.07 Å². The van der Waals surface area contributed by atoms with Crippen molar-refractivity contribution in [2.24, 2.45) is 0 Å². The van der Waals surface area contributed by atoms with Gasteiger partial charge in [-0.3, -0.25) is 9.78 Å². The summed E-state index contributed by atoms with van der Waals surface area (Å²) < 4.78 is 0. The second kappa shape index (κ2) is 7.64. The van der Waals surface area contributed by atoms with Crippen molar-refractivity contribution in [3.05, 3.63) is 100 Å². The minimum Gasteiger partial charge on any atom is -0.506 e. The van der Waals surface area contributed by atoms with Gasteiger partial charge in [0, 0.05) is 27.9 Å². The zero-order valence-electron chi connectivity index (χ0n) is 13.6. The molecule has 1 aromatic heterocycles. The van der Waals surface area contributed by atoms with Crippen molar-refractivity contribution in [2.45, 2.75) is 0 Å². The number of allylic oxidation sites excluding steroid dienone is 1. The topological polar surface area (TPSA) is 74.0 Å². The second-order valence-electron chi connectivity index (χ2n) is 5.43. The van der Waals surface area contributed by atoms with E-state index in [2.05, 4.69) is 4.98 Å². The van der Waals surface area contributed by atoms with Crippen molar-refractivity contribution in [1.82, 2.24) is 4.98 Å². The molecule has 4 nitrogen and oxygen atoms in total. The average molecular weight is 361 g/mol. The monoisotopic (exact) mass is 360 g/mol. The number of aliphatic hydroxyl groups is 1. The quantitative estimate of drug-likeness (QED) is 0.407. The Labute approximate surface area is 155 Å². The van der Waals surface area contributed by atoms with Crippen LogP contribution in [0.5, 0.6) is 0 Å². The average Bonchev–Trinajstić information content (AvgIpc) is 2.69. The van der Waals surface area contributed by atoms with Gasteiger partial charge in [-0.05, 0) is 36.4 Å². The van der Waals surface area contributed by atoms with Gasteiger partial charge >= 0.3 is 0 Å². The lowest BCUT2D eigenvalue weighted by Crippen LogP contribution is -2.06. The Hall–Kier alpha value is -3.42. The van der Waals surface area contributed by atoms with Crippen LogP contribution in [0.4, 0.5) is 0 Å². The fourth-order valence-electron chi connectivity index (χ4n) is 2.52. The summed E-state index contributed by atoms with van der Waals surface area (Å²) in [5.74, 6) is -0.564. The Balaban J connectivity index is 2.12.